The number of hydrogen-bond acceptors (Lipinski definition) is 5. The third-order valence-electron chi connectivity index (χ3n) is 6.08. The summed E-state index contributed by atoms with van der Waals surface area (Å²) in [7, 11) is -4.12. The fourth-order valence-corrected chi connectivity index (χ4v) is 5.84. The summed E-state index contributed by atoms with van der Waals surface area (Å²) in [6, 6.07) is 19.6. The lowest BCUT2D eigenvalue weighted by Crippen LogP contribution is -2.51. The van der Waals surface area contributed by atoms with Crippen LogP contribution < -0.4 is 14.4 Å². The highest BCUT2D eigenvalue weighted by atomic mass is 79.9. The predicted molar refractivity (Wildman–Crippen MR) is 156 cm³/mol. The molecule has 0 radical (unpaired) electrons. The molecule has 2 amide bonds. The quantitative estimate of drug-likeness (QED) is 0.312. The van der Waals surface area contributed by atoms with Crippen LogP contribution in [0, 0.1) is 6.92 Å². The average molecular weight is 617 g/mol. The molecule has 0 aromatic heterocycles. The van der Waals surface area contributed by atoms with Crippen LogP contribution in [0.2, 0.25) is 0 Å². The van der Waals surface area contributed by atoms with Crippen LogP contribution in [0.5, 0.6) is 5.75 Å². The molecule has 0 heterocycles. The van der Waals surface area contributed by atoms with E-state index >= 15 is 0 Å². The van der Waals surface area contributed by atoms with Crippen LogP contribution in [-0.4, -0.2) is 50.9 Å². The monoisotopic (exact) mass is 615 g/mol. The molecule has 0 aliphatic rings. The van der Waals surface area contributed by atoms with Crippen molar-refractivity contribution < 1.29 is 22.7 Å². The number of ether oxygens (including phenoxy) is 1. The SMILES string of the molecule is CCNC(=O)[C@@H](C)N(Cc1cccc(Br)c1)C(=O)CN(c1ccc(OCC)cc1)S(=O)(=O)c1ccc(C)cc1. The third-order valence-corrected chi connectivity index (χ3v) is 8.37. The number of nitrogens with one attached hydrogen (secondary N) is 1. The molecule has 3 aromatic carbocycles. The van der Waals surface area contributed by atoms with Gasteiger partial charge in [0.15, 0.2) is 0 Å². The molecule has 0 unspecified atom stereocenters. The minimum atomic E-state index is -4.12. The Kier molecular flexibility index (Phi) is 10.5. The van der Waals surface area contributed by atoms with Crippen LogP contribution in [0.25, 0.3) is 0 Å². The van der Waals surface area contributed by atoms with Crippen molar-refractivity contribution in [2.45, 2.75) is 45.2 Å². The smallest absolute Gasteiger partial charge is 0.264 e. The molecule has 0 aliphatic heterocycles. The first-order chi connectivity index (χ1) is 18.6. The van der Waals surface area contributed by atoms with Gasteiger partial charge in [0.25, 0.3) is 10.0 Å². The van der Waals surface area contributed by atoms with Crippen LogP contribution in [0.1, 0.15) is 31.9 Å². The lowest BCUT2D eigenvalue weighted by atomic mass is 10.1. The van der Waals surface area contributed by atoms with Crippen LogP contribution in [-0.2, 0) is 26.2 Å². The Labute approximate surface area is 239 Å². The normalized spacial score (nSPS) is 11.9. The Morgan fingerprint density at radius 3 is 2.26 bits per heavy atom. The van der Waals surface area contributed by atoms with E-state index in [0.717, 1.165) is 19.9 Å². The number of amides is 2. The van der Waals surface area contributed by atoms with Crippen LogP contribution >= 0.6 is 15.9 Å². The average Bonchev–Trinajstić information content (AvgIpc) is 2.91. The van der Waals surface area contributed by atoms with Gasteiger partial charge in [-0.25, -0.2) is 8.42 Å². The van der Waals surface area contributed by atoms with Crippen molar-refractivity contribution in [3.05, 3.63) is 88.4 Å². The zero-order valence-electron chi connectivity index (χ0n) is 22.6. The zero-order valence-corrected chi connectivity index (χ0v) is 25.0. The lowest BCUT2D eigenvalue weighted by molar-refractivity contribution is -0.139. The summed E-state index contributed by atoms with van der Waals surface area (Å²) in [6.07, 6.45) is 0. The molecule has 0 spiro atoms. The summed E-state index contributed by atoms with van der Waals surface area (Å²) in [5.41, 5.74) is 2.01. The maximum atomic E-state index is 13.9. The number of anilines is 1. The van der Waals surface area contributed by atoms with Crippen molar-refractivity contribution in [2.24, 2.45) is 0 Å². The number of sulfonamides is 1. The highest BCUT2D eigenvalue weighted by molar-refractivity contribution is 9.10. The molecule has 39 heavy (non-hydrogen) atoms. The van der Waals surface area contributed by atoms with Crippen molar-refractivity contribution >= 4 is 43.5 Å². The molecular formula is C29H34BrN3O5S. The maximum absolute atomic E-state index is 13.9. The van der Waals surface area contributed by atoms with E-state index in [2.05, 4.69) is 21.2 Å². The highest BCUT2D eigenvalue weighted by Crippen LogP contribution is 2.27. The van der Waals surface area contributed by atoms with Gasteiger partial charge in [-0.3, -0.25) is 13.9 Å². The minimum absolute atomic E-state index is 0.0603. The van der Waals surface area contributed by atoms with Gasteiger partial charge in [0.05, 0.1) is 17.2 Å². The van der Waals surface area contributed by atoms with E-state index < -0.39 is 28.5 Å². The highest BCUT2D eigenvalue weighted by Gasteiger charge is 2.32. The topological polar surface area (TPSA) is 96.0 Å². The number of hydrogen-bond donors (Lipinski definition) is 1. The number of benzene rings is 3. The summed E-state index contributed by atoms with van der Waals surface area (Å²) in [6.45, 7) is 7.65. The standard InChI is InChI=1S/C29H34BrN3O5S/c1-5-31-29(35)22(4)32(19-23-8-7-9-24(30)18-23)28(34)20-33(25-12-14-26(15-13-25)38-6-2)39(36,37)27-16-10-21(3)11-17-27/h7-18,22H,5-6,19-20H2,1-4H3,(H,31,35)/t22-/m1/s1. The molecule has 0 saturated heterocycles. The van der Waals surface area contributed by atoms with Gasteiger partial charge in [0, 0.05) is 17.6 Å². The Morgan fingerprint density at radius 2 is 1.67 bits per heavy atom. The van der Waals surface area contributed by atoms with Gasteiger partial charge in [0.1, 0.15) is 18.3 Å². The number of likely N-dealkylation sites (N-methyl/N-ethyl adjacent to an activating group) is 1. The summed E-state index contributed by atoms with van der Waals surface area (Å²) in [5, 5.41) is 2.75. The Hall–Kier alpha value is -3.37. The van der Waals surface area contributed by atoms with E-state index in [4.69, 9.17) is 4.74 Å². The molecular weight excluding hydrogens is 582 g/mol. The van der Waals surface area contributed by atoms with Crippen molar-refractivity contribution in [2.75, 3.05) is 24.0 Å². The molecule has 10 heteroatoms. The first kappa shape index (κ1) is 30.2. The molecule has 0 saturated carbocycles. The Bertz CT molecular complexity index is 1380. The molecule has 1 atom stereocenters. The van der Waals surface area contributed by atoms with Gasteiger partial charge < -0.3 is 15.0 Å². The number of carbonyl (C=O) groups is 2. The fraction of sp³-hybridized carbons (Fsp3) is 0.310. The maximum Gasteiger partial charge on any atom is 0.264 e. The van der Waals surface area contributed by atoms with E-state index in [1.807, 2.05) is 38.1 Å². The van der Waals surface area contributed by atoms with E-state index in [9.17, 15) is 18.0 Å². The lowest BCUT2D eigenvalue weighted by Gasteiger charge is -2.32. The molecule has 3 aromatic rings. The number of nitrogens with zero attached hydrogens (tertiary/aromatic N) is 2. The largest absolute Gasteiger partial charge is 0.494 e. The third kappa shape index (κ3) is 7.83. The second kappa shape index (κ2) is 13.6. The van der Waals surface area contributed by atoms with Crippen molar-refractivity contribution in [1.82, 2.24) is 10.2 Å². The fourth-order valence-electron chi connectivity index (χ4n) is 3.98. The molecule has 1 N–H and O–H groups in total. The van der Waals surface area contributed by atoms with Gasteiger partial charge in [-0.15, -0.1) is 0 Å². The van der Waals surface area contributed by atoms with Crippen LogP contribution in [0.4, 0.5) is 5.69 Å². The molecule has 208 valence electrons. The minimum Gasteiger partial charge on any atom is -0.494 e. The van der Waals surface area contributed by atoms with Gasteiger partial charge in [-0.05, 0) is 81.8 Å². The summed E-state index contributed by atoms with van der Waals surface area (Å²) in [4.78, 5) is 28.1. The van der Waals surface area contributed by atoms with Gasteiger partial charge in [-0.1, -0.05) is 45.8 Å². The number of carbonyl (C=O) groups excluding carboxylic acids is 2. The number of rotatable bonds is 12. The van der Waals surface area contributed by atoms with Gasteiger partial charge in [-0.2, -0.15) is 0 Å². The Morgan fingerprint density at radius 1 is 1.00 bits per heavy atom. The van der Waals surface area contributed by atoms with Crippen molar-refractivity contribution in [3.63, 3.8) is 0 Å². The summed E-state index contributed by atoms with van der Waals surface area (Å²) < 4.78 is 35.1. The first-order valence-electron chi connectivity index (χ1n) is 12.7. The summed E-state index contributed by atoms with van der Waals surface area (Å²) in [5.74, 6) is -0.255. The molecule has 8 nitrogen and oxygen atoms in total. The van der Waals surface area contributed by atoms with Crippen molar-refractivity contribution in [1.29, 1.82) is 0 Å². The molecule has 0 aliphatic carbocycles. The molecule has 0 fully saturated rings. The van der Waals surface area contributed by atoms with Crippen LogP contribution in [0.15, 0.2) is 82.2 Å². The number of aryl methyl sites for hydroxylation is 1. The van der Waals surface area contributed by atoms with Crippen molar-refractivity contribution in [3.8, 4) is 5.75 Å². The van der Waals surface area contributed by atoms with Gasteiger partial charge in [0.2, 0.25) is 11.8 Å². The summed E-state index contributed by atoms with van der Waals surface area (Å²) >= 11 is 3.44. The number of halogens is 1. The molecule has 3 rings (SSSR count). The van der Waals surface area contributed by atoms with Crippen LogP contribution in [0.3, 0.4) is 0 Å². The second-order valence-corrected chi connectivity index (χ2v) is 11.8. The second-order valence-electron chi connectivity index (χ2n) is 8.97. The first-order valence-corrected chi connectivity index (χ1v) is 14.9. The van der Waals surface area contributed by atoms with Gasteiger partial charge >= 0.3 is 0 Å². The molecule has 0 bridgehead atoms. The van der Waals surface area contributed by atoms with E-state index in [1.165, 1.54) is 17.0 Å². The van der Waals surface area contributed by atoms with E-state index in [1.54, 1.807) is 50.2 Å². The predicted octanol–water partition coefficient (Wildman–Crippen LogP) is 4.90. The zero-order chi connectivity index (χ0) is 28.6. The van der Waals surface area contributed by atoms with E-state index in [0.29, 0.717) is 24.6 Å². The Balaban J connectivity index is 2.03. The van der Waals surface area contributed by atoms with E-state index in [-0.39, 0.29) is 17.3 Å².